The lowest BCUT2D eigenvalue weighted by molar-refractivity contribution is -0.123. The molecule has 1 aromatic rings. The molecule has 0 saturated carbocycles. The highest BCUT2D eigenvalue weighted by Gasteiger charge is 2.15. The fourth-order valence-electron chi connectivity index (χ4n) is 1.19. The Balaban J connectivity index is 2.23. The van der Waals surface area contributed by atoms with E-state index in [1.165, 1.54) is 5.56 Å². The first kappa shape index (κ1) is 12.2. The van der Waals surface area contributed by atoms with Gasteiger partial charge < -0.3 is 11.1 Å². The van der Waals surface area contributed by atoms with E-state index in [9.17, 15) is 4.79 Å². The molecule has 1 heterocycles. The van der Waals surface area contributed by atoms with E-state index in [4.69, 9.17) is 5.73 Å². The Bertz CT molecular complexity index is 296. The number of carbonyl (C=O) groups excluding carboxylic acids is 1. The quantitative estimate of drug-likeness (QED) is 0.797. The molecule has 1 amide bonds. The van der Waals surface area contributed by atoms with Gasteiger partial charge in [-0.15, -0.1) is 0 Å². The highest BCUT2D eigenvalue weighted by atomic mass is 32.1. The van der Waals surface area contributed by atoms with Crippen molar-refractivity contribution in [2.75, 3.05) is 6.54 Å². The summed E-state index contributed by atoms with van der Waals surface area (Å²) in [6.45, 7) is 4.56. The normalized spacial score (nSPS) is 12.8. The maximum absolute atomic E-state index is 11.5. The van der Waals surface area contributed by atoms with Gasteiger partial charge >= 0.3 is 0 Å². The number of rotatable bonds is 5. The third kappa shape index (κ3) is 4.01. The number of thiophene rings is 1. The van der Waals surface area contributed by atoms with Gasteiger partial charge in [0.2, 0.25) is 5.91 Å². The number of hydrogen-bond donors (Lipinski definition) is 2. The van der Waals surface area contributed by atoms with Crippen LogP contribution in [0.25, 0.3) is 0 Å². The minimum absolute atomic E-state index is 0.0553. The molecular formula is C11H18N2OS. The third-order valence-electron chi connectivity index (χ3n) is 2.31. The van der Waals surface area contributed by atoms with Gasteiger partial charge in [0.25, 0.3) is 0 Å². The fraction of sp³-hybridized carbons (Fsp3) is 0.545. The zero-order chi connectivity index (χ0) is 11.3. The molecule has 0 spiro atoms. The fourth-order valence-corrected chi connectivity index (χ4v) is 1.89. The highest BCUT2D eigenvalue weighted by Crippen LogP contribution is 2.05. The van der Waals surface area contributed by atoms with Crippen LogP contribution in [-0.2, 0) is 11.2 Å². The van der Waals surface area contributed by atoms with Crippen LogP contribution in [0.3, 0.4) is 0 Å². The predicted molar refractivity (Wildman–Crippen MR) is 63.8 cm³/mol. The average Bonchev–Trinajstić information content (AvgIpc) is 2.69. The molecule has 0 bridgehead atoms. The summed E-state index contributed by atoms with van der Waals surface area (Å²) < 4.78 is 0. The standard InChI is InChI=1S/C11H18N2OS/c1-8(2)10(12)11(14)13-5-3-9-4-6-15-7-9/h4,6-8,10H,3,5,12H2,1-2H3,(H,13,14)/t10-/m1/s1. The lowest BCUT2D eigenvalue weighted by Gasteiger charge is -2.14. The van der Waals surface area contributed by atoms with Crippen LogP contribution >= 0.6 is 11.3 Å². The number of nitrogens with two attached hydrogens (primary N) is 1. The van der Waals surface area contributed by atoms with Crippen molar-refractivity contribution in [1.29, 1.82) is 0 Å². The van der Waals surface area contributed by atoms with Crippen LogP contribution < -0.4 is 11.1 Å². The lowest BCUT2D eigenvalue weighted by atomic mass is 10.1. The van der Waals surface area contributed by atoms with Gasteiger partial charge in [0.1, 0.15) is 0 Å². The first-order valence-corrected chi connectivity index (χ1v) is 6.10. The molecule has 0 saturated heterocycles. The summed E-state index contributed by atoms with van der Waals surface area (Å²) in [5, 5.41) is 6.97. The van der Waals surface area contributed by atoms with E-state index in [1.54, 1.807) is 11.3 Å². The van der Waals surface area contributed by atoms with E-state index in [-0.39, 0.29) is 11.8 Å². The topological polar surface area (TPSA) is 55.1 Å². The summed E-state index contributed by atoms with van der Waals surface area (Å²) >= 11 is 1.67. The van der Waals surface area contributed by atoms with Gasteiger partial charge in [-0.05, 0) is 34.7 Å². The Labute approximate surface area is 94.7 Å². The first-order valence-electron chi connectivity index (χ1n) is 5.15. The van der Waals surface area contributed by atoms with Crippen LogP contribution in [0, 0.1) is 5.92 Å². The third-order valence-corrected chi connectivity index (χ3v) is 3.05. The molecule has 1 atom stereocenters. The second-order valence-corrected chi connectivity index (χ2v) is 4.72. The molecule has 0 aliphatic heterocycles. The molecular weight excluding hydrogens is 208 g/mol. The lowest BCUT2D eigenvalue weighted by Crippen LogP contribution is -2.44. The molecule has 0 radical (unpaired) electrons. The minimum Gasteiger partial charge on any atom is -0.354 e. The Morgan fingerprint density at radius 1 is 1.60 bits per heavy atom. The molecule has 0 aliphatic carbocycles. The number of hydrogen-bond acceptors (Lipinski definition) is 3. The zero-order valence-corrected chi connectivity index (χ0v) is 10.0. The zero-order valence-electron chi connectivity index (χ0n) is 9.19. The molecule has 1 aromatic heterocycles. The van der Waals surface area contributed by atoms with Crippen molar-refractivity contribution >= 4 is 17.2 Å². The van der Waals surface area contributed by atoms with Gasteiger partial charge in [0.05, 0.1) is 6.04 Å². The van der Waals surface area contributed by atoms with Crippen LogP contribution in [0.5, 0.6) is 0 Å². The van der Waals surface area contributed by atoms with Crippen molar-refractivity contribution in [2.24, 2.45) is 11.7 Å². The van der Waals surface area contributed by atoms with Crippen molar-refractivity contribution in [3.63, 3.8) is 0 Å². The van der Waals surface area contributed by atoms with Gasteiger partial charge in [0.15, 0.2) is 0 Å². The molecule has 1 rings (SSSR count). The summed E-state index contributed by atoms with van der Waals surface area (Å²) in [5.41, 5.74) is 6.97. The summed E-state index contributed by atoms with van der Waals surface area (Å²) in [6, 6.07) is 1.67. The van der Waals surface area contributed by atoms with Crippen LogP contribution in [0.2, 0.25) is 0 Å². The summed E-state index contributed by atoms with van der Waals surface area (Å²) in [7, 11) is 0. The minimum atomic E-state index is -0.396. The molecule has 0 fully saturated rings. The Morgan fingerprint density at radius 2 is 2.33 bits per heavy atom. The average molecular weight is 226 g/mol. The van der Waals surface area contributed by atoms with Crippen molar-refractivity contribution < 1.29 is 4.79 Å². The van der Waals surface area contributed by atoms with Crippen LogP contribution in [-0.4, -0.2) is 18.5 Å². The maximum Gasteiger partial charge on any atom is 0.237 e. The van der Waals surface area contributed by atoms with Gasteiger partial charge in [-0.25, -0.2) is 0 Å². The molecule has 0 aromatic carbocycles. The summed E-state index contributed by atoms with van der Waals surface area (Å²) in [5.74, 6) is 0.131. The highest BCUT2D eigenvalue weighted by molar-refractivity contribution is 7.07. The van der Waals surface area contributed by atoms with Gasteiger partial charge in [-0.2, -0.15) is 11.3 Å². The molecule has 84 valence electrons. The van der Waals surface area contributed by atoms with Gasteiger partial charge in [0, 0.05) is 6.54 Å². The summed E-state index contributed by atoms with van der Waals surface area (Å²) in [6.07, 6.45) is 0.875. The van der Waals surface area contributed by atoms with Crippen molar-refractivity contribution in [1.82, 2.24) is 5.32 Å². The number of amides is 1. The van der Waals surface area contributed by atoms with Crippen LogP contribution in [0.15, 0.2) is 16.8 Å². The monoisotopic (exact) mass is 226 g/mol. The Morgan fingerprint density at radius 3 is 2.87 bits per heavy atom. The van der Waals surface area contributed by atoms with E-state index in [0.717, 1.165) is 6.42 Å². The Hall–Kier alpha value is -0.870. The van der Waals surface area contributed by atoms with Gasteiger partial charge in [-0.3, -0.25) is 4.79 Å². The number of nitrogens with one attached hydrogen (secondary N) is 1. The van der Waals surface area contributed by atoms with Crippen molar-refractivity contribution in [2.45, 2.75) is 26.3 Å². The van der Waals surface area contributed by atoms with Gasteiger partial charge in [-0.1, -0.05) is 13.8 Å². The molecule has 3 nitrogen and oxygen atoms in total. The van der Waals surface area contributed by atoms with E-state index in [1.807, 2.05) is 19.2 Å². The molecule has 0 unspecified atom stereocenters. The first-order chi connectivity index (χ1) is 7.11. The van der Waals surface area contributed by atoms with Crippen molar-refractivity contribution in [3.8, 4) is 0 Å². The van der Waals surface area contributed by atoms with Crippen molar-refractivity contribution in [3.05, 3.63) is 22.4 Å². The predicted octanol–water partition coefficient (Wildman–Crippen LogP) is 1.39. The summed E-state index contributed by atoms with van der Waals surface area (Å²) in [4.78, 5) is 11.5. The Kier molecular flexibility index (Phi) is 4.78. The second kappa shape index (κ2) is 5.88. The maximum atomic E-state index is 11.5. The van der Waals surface area contributed by atoms with Crippen LogP contribution in [0.4, 0.5) is 0 Å². The molecule has 0 aliphatic rings. The van der Waals surface area contributed by atoms with E-state index < -0.39 is 6.04 Å². The van der Waals surface area contributed by atoms with E-state index in [2.05, 4.69) is 16.8 Å². The molecule has 3 N–H and O–H groups in total. The SMILES string of the molecule is CC(C)[C@@H](N)C(=O)NCCc1ccsc1. The smallest absolute Gasteiger partial charge is 0.237 e. The van der Waals surface area contributed by atoms with Crippen LogP contribution in [0.1, 0.15) is 19.4 Å². The number of carbonyl (C=O) groups is 1. The largest absolute Gasteiger partial charge is 0.354 e. The van der Waals surface area contributed by atoms with E-state index in [0.29, 0.717) is 6.54 Å². The molecule has 4 heteroatoms. The second-order valence-electron chi connectivity index (χ2n) is 3.94. The van der Waals surface area contributed by atoms with E-state index >= 15 is 0 Å². The molecule has 15 heavy (non-hydrogen) atoms.